The molecule has 1 saturated heterocycles. The van der Waals surface area contributed by atoms with E-state index in [0.717, 1.165) is 38.4 Å². The first-order chi connectivity index (χ1) is 11.6. The van der Waals surface area contributed by atoms with Crippen LogP contribution in [0.15, 0.2) is 23.0 Å². The number of hydrogen-bond donors (Lipinski definition) is 1. The maximum atomic E-state index is 5.59. The fraction of sp³-hybridized carbons (Fsp3) is 0.706. The van der Waals surface area contributed by atoms with Gasteiger partial charge in [0.25, 0.3) is 0 Å². The zero-order chi connectivity index (χ0) is 16.9. The van der Waals surface area contributed by atoms with Gasteiger partial charge in [0.1, 0.15) is 0 Å². The van der Waals surface area contributed by atoms with Gasteiger partial charge >= 0.3 is 0 Å². The maximum absolute atomic E-state index is 5.59. The zero-order valence-electron chi connectivity index (χ0n) is 14.7. The molecule has 0 bridgehead atoms. The summed E-state index contributed by atoms with van der Waals surface area (Å²) in [6.45, 7) is 8.70. The van der Waals surface area contributed by atoms with Gasteiger partial charge < -0.3 is 14.6 Å². The van der Waals surface area contributed by atoms with E-state index >= 15 is 0 Å². The summed E-state index contributed by atoms with van der Waals surface area (Å²) in [4.78, 5) is 4.63. The number of hydrogen-bond acceptors (Lipinski definition) is 6. The van der Waals surface area contributed by atoms with Crippen LogP contribution in [0.5, 0.6) is 0 Å². The number of ether oxygens (including phenoxy) is 1. The molecule has 1 aliphatic heterocycles. The van der Waals surface area contributed by atoms with E-state index in [-0.39, 0.29) is 18.0 Å². The first-order valence-corrected chi connectivity index (χ1v) is 8.78. The lowest BCUT2D eigenvalue weighted by atomic mass is 9.91. The van der Waals surface area contributed by atoms with Gasteiger partial charge in [-0.1, -0.05) is 19.0 Å². The second-order valence-electron chi connectivity index (χ2n) is 6.87. The van der Waals surface area contributed by atoms with Crippen LogP contribution < -0.4 is 5.32 Å². The number of aromatic nitrogens is 4. The number of nitrogens with zero attached hydrogens (tertiary/aromatic N) is 4. The highest BCUT2D eigenvalue weighted by Gasteiger charge is 2.31. The van der Waals surface area contributed by atoms with E-state index in [1.807, 2.05) is 16.9 Å². The zero-order valence-corrected chi connectivity index (χ0v) is 14.7. The highest BCUT2D eigenvalue weighted by Crippen LogP contribution is 2.30. The average molecular weight is 333 g/mol. The average Bonchev–Trinajstić information content (AvgIpc) is 3.25. The van der Waals surface area contributed by atoms with Gasteiger partial charge in [-0.15, -0.1) is 0 Å². The van der Waals surface area contributed by atoms with Crippen molar-refractivity contribution in [2.45, 2.75) is 58.2 Å². The van der Waals surface area contributed by atoms with E-state index in [1.165, 1.54) is 0 Å². The van der Waals surface area contributed by atoms with E-state index in [4.69, 9.17) is 9.26 Å². The van der Waals surface area contributed by atoms with Crippen molar-refractivity contribution < 1.29 is 9.26 Å². The molecule has 1 fully saturated rings. The van der Waals surface area contributed by atoms with Crippen molar-refractivity contribution in [1.29, 1.82) is 0 Å². The lowest BCUT2D eigenvalue weighted by Gasteiger charge is -2.30. The van der Waals surface area contributed by atoms with E-state index < -0.39 is 0 Å². The van der Waals surface area contributed by atoms with Crippen LogP contribution in [-0.4, -0.2) is 39.2 Å². The van der Waals surface area contributed by atoms with Crippen molar-refractivity contribution in [3.63, 3.8) is 0 Å². The standard InChI is InChI=1S/C17H27N5O2/c1-12(2)16-20-17(24-21-16)15(14-5-9-23-10-6-14)19-13(3)11-22-8-4-7-18-22/h4,7-8,12-15,19H,5-6,9-11H2,1-3H3. The van der Waals surface area contributed by atoms with Crippen LogP contribution in [0.25, 0.3) is 0 Å². The summed E-state index contributed by atoms with van der Waals surface area (Å²) in [5.41, 5.74) is 0. The normalized spacial score (nSPS) is 18.8. The monoisotopic (exact) mass is 333 g/mol. The van der Waals surface area contributed by atoms with Crippen LogP contribution in [-0.2, 0) is 11.3 Å². The Kier molecular flexibility index (Phi) is 5.63. The summed E-state index contributed by atoms with van der Waals surface area (Å²) in [6.07, 6.45) is 5.79. The van der Waals surface area contributed by atoms with Gasteiger partial charge in [0.2, 0.25) is 5.89 Å². The first-order valence-electron chi connectivity index (χ1n) is 8.78. The molecule has 7 nitrogen and oxygen atoms in total. The first kappa shape index (κ1) is 17.1. The molecule has 2 aromatic rings. The molecule has 7 heteroatoms. The Morgan fingerprint density at radius 1 is 1.29 bits per heavy atom. The quantitative estimate of drug-likeness (QED) is 0.839. The minimum absolute atomic E-state index is 0.0551. The van der Waals surface area contributed by atoms with Crippen molar-refractivity contribution in [1.82, 2.24) is 25.2 Å². The summed E-state index contributed by atoms with van der Waals surface area (Å²) < 4.78 is 13.0. The highest BCUT2D eigenvalue weighted by molar-refractivity contribution is 4.99. The molecular formula is C17H27N5O2. The molecule has 0 saturated carbocycles. The summed E-state index contributed by atoms with van der Waals surface area (Å²) in [5.74, 6) is 2.17. The molecule has 132 valence electrons. The Hall–Kier alpha value is -1.73. The van der Waals surface area contributed by atoms with Crippen molar-refractivity contribution in [3.8, 4) is 0 Å². The minimum Gasteiger partial charge on any atom is -0.381 e. The van der Waals surface area contributed by atoms with Crippen molar-refractivity contribution in [2.24, 2.45) is 5.92 Å². The van der Waals surface area contributed by atoms with E-state index in [9.17, 15) is 0 Å². The van der Waals surface area contributed by atoms with Crippen LogP contribution in [0.1, 0.15) is 57.3 Å². The summed E-state index contributed by atoms with van der Waals surface area (Å²) in [6, 6.07) is 2.24. The molecule has 2 unspecified atom stereocenters. The molecular weight excluding hydrogens is 306 g/mol. The predicted octanol–water partition coefficient (Wildman–Crippen LogP) is 2.54. The summed E-state index contributed by atoms with van der Waals surface area (Å²) >= 11 is 0. The molecule has 0 aromatic carbocycles. The van der Waals surface area contributed by atoms with E-state index in [0.29, 0.717) is 11.8 Å². The molecule has 2 aromatic heterocycles. The SMILES string of the molecule is CC(Cn1cccn1)NC(c1nc(C(C)C)no1)C1CCOCC1. The topological polar surface area (TPSA) is 78.0 Å². The van der Waals surface area contributed by atoms with Crippen molar-refractivity contribution in [2.75, 3.05) is 13.2 Å². The fourth-order valence-electron chi connectivity index (χ4n) is 3.11. The minimum atomic E-state index is 0.0551. The van der Waals surface area contributed by atoms with Crippen LogP contribution in [0, 0.1) is 5.92 Å². The Balaban J connectivity index is 1.73. The van der Waals surface area contributed by atoms with Gasteiger partial charge in [0.05, 0.1) is 12.6 Å². The molecule has 3 rings (SSSR count). The number of nitrogens with one attached hydrogen (secondary N) is 1. The Bertz CT molecular complexity index is 604. The van der Waals surface area contributed by atoms with Crippen LogP contribution >= 0.6 is 0 Å². The molecule has 0 aliphatic carbocycles. The third kappa shape index (κ3) is 4.21. The third-order valence-electron chi connectivity index (χ3n) is 4.46. The van der Waals surface area contributed by atoms with Crippen molar-refractivity contribution in [3.05, 3.63) is 30.2 Å². The Morgan fingerprint density at radius 3 is 2.71 bits per heavy atom. The molecule has 24 heavy (non-hydrogen) atoms. The van der Waals surface area contributed by atoms with Crippen LogP contribution in [0.2, 0.25) is 0 Å². The molecule has 2 atom stereocenters. The largest absolute Gasteiger partial charge is 0.381 e. The molecule has 1 aliphatic rings. The molecule has 3 heterocycles. The lowest BCUT2D eigenvalue weighted by molar-refractivity contribution is 0.0466. The van der Waals surface area contributed by atoms with Gasteiger partial charge in [0.15, 0.2) is 5.82 Å². The van der Waals surface area contributed by atoms with Crippen molar-refractivity contribution >= 4 is 0 Å². The molecule has 0 amide bonds. The fourth-order valence-corrected chi connectivity index (χ4v) is 3.11. The molecule has 0 radical (unpaired) electrons. The van der Waals surface area contributed by atoms with Gasteiger partial charge in [-0.25, -0.2) is 0 Å². The van der Waals surface area contributed by atoms with Gasteiger partial charge in [-0.2, -0.15) is 10.1 Å². The molecule has 0 spiro atoms. The summed E-state index contributed by atoms with van der Waals surface area (Å²) in [5, 5.41) is 12.1. The van der Waals surface area contributed by atoms with Gasteiger partial charge in [0, 0.05) is 37.6 Å². The van der Waals surface area contributed by atoms with Gasteiger partial charge in [-0.05, 0) is 31.7 Å². The van der Waals surface area contributed by atoms with Crippen LogP contribution in [0.3, 0.4) is 0 Å². The molecule has 1 N–H and O–H groups in total. The van der Waals surface area contributed by atoms with E-state index in [2.05, 4.69) is 41.3 Å². The predicted molar refractivity (Wildman–Crippen MR) is 89.5 cm³/mol. The summed E-state index contributed by atoms with van der Waals surface area (Å²) in [7, 11) is 0. The second kappa shape index (κ2) is 7.90. The Labute approximate surface area is 142 Å². The van der Waals surface area contributed by atoms with Crippen LogP contribution in [0.4, 0.5) is 0 Å². The Morgan fingerprint density at radius 2 is 2.08 bits per heavy atom. The highest BCUT2D eigenvalue weighted by atomic mass is 16.5. The number of rotatable bonds is 7. The lowest BCUT2D eigenvalue weighted by Crippen LogP contribution is -2.39. The third-order valence-corrected chi connectivity index (χ3v) is 4.46. The smallest absolute Gasteiger partial charge is 0.244 e. The van der Waals surface area contributed by atoms with E-state index in [1.54, 1.807) is 6.20 Å². The van der Waals surface area contributed by atoms with Gasteiger partial charge in [-0.3, -0.25) is 4.68 Å². The maximum Gasteiger partial charge on any atom is 0.244 e. The second-order valence-corrected chi connectivity index (χ2v) is 6.87.